The Hall–Kier alpha value is -0.0800. The molecule has 2 atom stereocenters. The van der Waals surface area contributed by atoms with Gasteiger partial charge in [-0.25, -0.2) is 0 Å². The molecule has 15 heavy (non-hydrogen) atoms. The Morgan fingerprint density at radius 3 is 1.93 bits per heavy atom. The molecule has 84 valence electrons. The Balaban J connectivity index is 1.61. The molecule has 0 unspecified atom stereocenters. The second-order valence-electron chi connectivity index (χ2n) is 6.56. The van der Waals surface area contributed by atoms with Gasteiger partial charge in [0.05, 0.1) is 12.7 Å². The number of epoxide rings is 1. The van der Waals surface area contributed by atoms with E-state index in [0.29, 0.717) is 11.5 Å². The predicted octanol–water partition coefficient (Wildman–Crippen LogP) is 1.96. The third-order valence-corrected chi connectivity index (χ3v) is 5.45. The number of rotatable bonds is 2. The van der Waals surface area contributed by atoms with Gasteiger partial charge in [-0.2, -0.15) is 0 Å². The summed E-state index contributed by atoms with van der Waals surface area (Å²) >= 11 is 0. The van der Waals surface area contributed by atoms with Crippen molar-refractivity contribution in [3.8, 4) is 0 Å². The standard InChI is InChI=1S/C13H20O2/c14-7-11-12(15-11)13-4-8-1-9(5-13)3-10(2-8)6-13/h8-12,14H,1-7H2/t8?,9?,10?,11-,12-,13?/m0/s1. The van der Waals surface area contributed by atoms with E-state index < -0.39 is 0 Å². The van der Waals surface area contributed by atoms with Crippen molar-refractivity contribution in [2.45, 2.75) is 50.7 Å². The van der Waals surface area contributed by atoms with E-state index in [4.69, 9.17) is 9.84 Å². The highest BCUT2D eigenvalue weighted by Crippen LogP contribution is 2.64. The first-order valence-electron chi connectivity index (χ1n) is 6.55. The Kier molecular flexibility index (Phi) is 1.67. The topological polar surface area (TPSA) is 32.8 Å². The van der Waals surface area contributed by atoms with Crippen molar-refractivity contribution in [1.82, 2.24) is 0 Å². The van der Waals surface area contributed by atoms with Crippen LogP contribution in [-0.4, -0.2) is 23.9 Å². The van der Waals surface area contributed by atoms with E-state index >= 15 is 0 Å². The molecular weight excluding hydrogens is 188 g/mol. The van der Waals surface area contributed by atoms with Crippen LogP contribution >= 0.6 is 0 Å². The molecule has 4 bridgehead atoms. The molecule has 5 rings (SSSR count). The molecule has 0 aromatic heterocycles. The molecule has 0 radical (unpaired) electrons. The van der Waals surface area contributed by atoms with E-state index in [-0.39, 0.29) is 12.7 Å². The molecule has 5 fully saturated rings. The van der Waals surface area contributed by atoms with Crippen LogP contribution < -0.4 is 0 Å². The minimum Gasteiger partial charge on any atom is -0.394 e. The average Bonchev–Trinajstić information content (AvgIpc) is 2.94. The van der Waals surface area contributed by atoms with Crippen LogP contribution in [0.25, 0.3) is 0 Å². The number of aliphatic hydroxyl groups excluding tert-OH is 1. The third-order valence-electron chi connectivity index (χ3n) is 5.45. The molecule has 1 aliphatic heterocycles. The van der Waals surface area contributed by atoms with Gasteiger partial charge in [0.25, 0.3) is 0 Å². The number of ether oxygens (including phenoxy) is 1. The van der Waals surface area contributed by atoms with E-state index in [1.54, 1.807) is 0 Å². The fraction of sp³-hybridized carbons (Fsp3) is 1.00. The van der Waals surface area contributed by atoms with Gasteiger partial charge < -0.3 is 9.84 Å². The van der Waals surface area contributed by atoms with Crippen LogP contribution in [0.1, 0.15) is 38.5 Å². The molecule has 1 saturated heterocycles. The fourth-order valence-electron chi connectivity index (χ4n) is 5.35. The summed E-state index contributed by atoms with van der Waals surface area (Å²) < 4.78 is 5.70. The monoisotopic (exact) mass is 208 g/mol. The van der Waals surface area contributed by atoms with E-state index in [1.165, 1.54) is 38.5 Å². The molecule has 0 aromatic carbocycles. The highest BCUT2D eigenvalue weighted by Gasteiger charge is 2.61. The molecule has 4 saturated carbocycles. The lowest BCUT2D eigenvalue weighted by Gasteiger charge is -2.56. The largest absolute Gasteiger partial charge is 0.394 e. The third kappa shape index (κ3) is 1.18. The van der Waals surface area contributed by atoms with E-state index in [2.05, 4.69) is 0 Å². The lowest BCUT2D eigenvalue weighted by Crippen LogP contribution is -2.49. The Morgan fingerprint density at radius 1 is 1.00 bits per heavy atom. The molecule has 1 heterocycles. The van der Waals surface area contributed by atoms with Crippen molar-refractivity contribution in [2.75, 3.05) is 6.61 Å². The second kappa shape index (κ2) is 2.78. The number of hydrogen-bond donors (Lipinski definition) is 1. The minimum absolute atomic E-state index is 0.196. The van der Waals surface area contributed by atoms with E-state index in [9.17, 15) is 0 Å². The number of hydrogen-bond acceptors (Lipinski definition) is 2. The van der Waals surface area contributed by atoms with Gasteiger partial charge in [0.15, 0.2) is 0 Å². The van der Waals surface area contributed by atoms with Gasteiger partial charge in [-0.3, -0.25) is 0 Å². The first kappa shape index (κ1) is 9.00. The fourth-order valence-corrected chi connectivity index (χ4v) is 5.35. The summed E-state index contributed by atoms with van der Waals surface area (Å²) in [5.41, 5.74) is 0.502. The first-order valence-corrected chi connectivity index (χ1v) is 6.55. The lowest BCUT2D eigenvalue weighted by molar-refractivity contribution is -0.0670. The predicted molar refractivity (Wildman–Crippen MR) is 56.4 cm³/mol. The van der Waals surface area contributed by atoms with E-state index in [1.807, 2.05) is 0 Å². The minimum atomic E-state index is 0.196. The summed E-state index contributed by atoms with van der Waals surface area (Å²) in [6, 6.07) is 0. The molecule has 4 aliphatic carbocycles. The van der Waals surface area contributed by atoms with Crippen LogP contribution in [-0.2, 0) is 4.74 Å². The van der Waals surface area contributed by atoms with Crippen LogP contribution in [0, 0.1) is 23.2 Å². The van der Waals surface area contributed by atoms with Crippen molar-refractivity contribution < 1.29 is 9.84 Å². The van der Waals surface area contributed by atoms with Crippen LogP contribution in [0.3, 0.4) is 0 Å². The van der Waals surface area contributed by atoms with Crippen molar-refractivity contribution in [2.24, 2.45) is 23.2 Å². The van der Waals surface area contributed by atoms with Gasteiger partial charge in [-0.1, -0.05) is 0 Å². The zero-order valence-corrected chi connectivity index (χ0v) is 9.19. The van der Waals surface area contributed by atoms with Gasteiger partial charge in [-0.15, -0.1) is 0 Å². The summed E-state index contributed by atoms with van der Waals surface area (Å²) in [7, 11) is 0. The molecule has 5 aliphatic rings. The molecule has 2 nitrogen and oxygen atoms in total. The van der Waals surface area contributed by atoms with Crippen LogP contribution in [0.15, 0.2) is 0 Å². The first-order chi connectivity index (χ1) is 7.29. The summed E-state index contributed by atoms with van der Waals surface area (Å²) in [4.78, 5) is 0. The smallest absolute Gasteiger partial charge is 0.108 e. The van der Waals surface area contributed by atoms with Gasteiger partial charge in [0.1, 0.15) is 6.10 Å². The van der Waals surface area contributed by atoms with Crippen molar-refractivity contribution in [3.63, 3.8) is 0 Å². The molecule has 1 N–H and O–H groups in total. The average molecular weight is 208 g/mol. The summed E-state index contributed by atoms with van der Waals surface area (Å²) in [6.45, 7) is 0.242. The van der Waals surface area contributed by atoms with Gasteiger partial charge in [0.2, 0.25) is 0 Å². The van der Waals surface area contributed by atoms with E-state index in [0.717, 1.165) is 17.8 Å². The van der Waals surface area contributed by atoms with Crippen LogP contribution in [0.2, 0.25) is 0 Å². The maximum atomic E-state index is 9.15. The molecular formula is C13H20O2. The highest BCUT2D eigenvalue weighted by atomic mass is 16.6. The van der Waals surface area contributed by atoms with Gasteiger partial charge >= 0.3 is 0 Å². The SMILES string of the molecule is OC[C@@H]1O[C@@H]1C12CC3CC(CC(C3)C1)C2. The summed E-state index contributed by atoms with van der Waals surface area (Å²) in [5, 5.41) is 9.15. The number of aliphatic hydroxyl groups is 1. The normalized spacial score (nSPS) is 61.0. The molecule has 0 amide bonds. The van der Waals surface area contributed by atoms with Crippen LogP contribution in [0.4, 0.5) is 0 Å². The zero-order chi connectivity index (χ0) is 10.0. The van der Waals surface area contributed by atoms with Gasteiger partial charge in [-0.05, 0) is 56.3 Å². The lowest BCUT2D eigenvalue weighted by atomic mass is 9.48. The zero-order valence-electron chi connectivity index (χ0n) is 9.19. The Bertz CT molecular complexity index is 251. The summed E-state index contributed by atoms with van der Waals surface area (Å²) in [6.07, 6.45) is 9.32. The molecule has 2 heteroatoms. The molecule has 0 spiro atoms. The quantitative estimate of drug-likeness (QED) is 0.704. The maximum absolute atomic E-state index is 9.15. The van der Waals surface area contributed by atoms with Crippen molar-refractivity contribution in [3.05, 3.63) is 0 Å². The Morgan fingerprint density at radius 2 is 1.53 bits per heavy atom. The van der Waals surface area contributed by atoms with Crippen molar-refractivity contribution in [1.29, 1.82) is 0 Å². The van der Waals surface area contributed by atoms with Crippen molar-refractivity contribution >= 4 is 0 Å². The summed E-state index contributed by atoms with van der Waals surface area (Å²) in [5.74, 6) is 3.00. The van der Waals surface area contributed by atoms with Gasteiger partial charge in [0, 0.05) is 5.41 Å². The second-order valence-corrected chi connectivity index (χ2v) is 6.56. The highest BCUT2D eigenvalue weighted by molar-refractivity contribution is 5.10. The van der Waals surface area contributed by atoms with Crippen LogP contribution in [0.5, 0.6) is 0 Å². The molecule has 0 aromatic rings. The Labute approximate surface area is 91.0 Å². The maximum Gasteiger partial charge on any atom is 0.108 e.